The molecule has 0 unspecified atom stereocenters. The van der Waals surface area contributed by atoms with Crippen molar-refractivity contribution in [1.82, 2.24) is 4.98 Å². The Morgan fingerprint density at radius 1 is 1.17 bits per heavy atom. The Balaban J connectivity index is 2.30. The van der Waals surface area contributed by atoms with E-state index < -0.39 is 10.0 Å². The molecule has 0 radical (unpaired) electrons. The smallest absolute Gasteiger partial charge is 0.255 e. The molecule has 0 aliphatic heterocycles. The van der Waals surface area contributed by atoms with Crippen molar-refractivity contribution in [1.29, 1.82) is 0 Å². The fourth-order valence-electron chi connectivity index (χ4n) is 1.53. The Labute approximate surface area is 106 Å². The van der Waals surface area contributed by atoms with E-state index in [-0.39, 0.29) is 5.03 Å². The summed E-state index contributed by atoms with van der Waals surface area (Å²) in [6.07, 6.45) is 1.40. The number of nitrogens with two attached hydrogens (primary N) is 1. The van der Waals surface area contributed by atoms with Crippen molar-refractivity contribution in [2.45, 2.75) is 11.9 Å². The lowest BCUT2D eigenvalue weighted by Crippen LogP contribution is -2.13. The summed E-state index contributed by atoms with van der Waals surface area (Å²) in [5.41, 5.74) is 2.61. The van der Waals surface area contributed by atoms with E-state index >= 15 is 0 Å². The first-order valence-corrected chi connectivity index (χ1v) is 6.82. The highest BCUT2D eigenvalue weighted by atomic mass is 32.2. The minimum atomic E-state index is -3.78. The maximum absolute atomic E-state index is 11.2. The molecule has 18 heavy (non-hydrogen) atoms. The summed E-state index contributed by atoms with van der Waals surface area (Å²) < 4.78 is 22.4. The highest BCUT2D eigenvalue weighted by Gasteiger charge is 2.09. The van der Waals surface area contributed by atoms with Gasteiger partial charge in [-0.1, -0.05) is 12.1 Å². The third-order valence-electron chi connectivity index (χ3n) is 2.33. The number of rotatable bonds is 3. The zero-order valence-corrected chi connectivity index (χ0v) is 10.6. The fraction of sp³-hybridized carbons (Fsp3) is 0.0833. The first-order valence-electron chi connectivity index (χ1n) is 5.28. The molecule has 0 amide bonds. The molecule has 1 aromatic carbocycles. The summed E-state index contributed by atoms with van der Waals surface area (Å²) in [5, 5.41) is 7.97. The lowest BCUT2D eigenvalue weighted by molar-refractivity contribution is 0.594. The monoisotopic (exact) mass is 263 g/mol. The van der Waals surface area contributed by atoms with Gasteiger partial charge in [0.15, 0.2) is 5.03 Å². The van der Waals surface area contributed by atoms with Crippen molar-refractivity contribution in [3.63, 3.8) is 0 Å². The molecule has 2 aromatic rings. The lowest BCUT2D eigenvalue weighted by atomic mass is 10.2. The first kappa shape index (κ1) is 12.5. The van der Waals surface area contributed by atoms with Gasteiger partial charge in [0.05, 0.1) is 0 Å². The molecule has 1 heterocycles. The van der Waals surface area contributed by atoms with Crippen LogP contribution >= 0.6 is 0 Å². The van der Waals surface area contributed by atoms with Gasteiger partial charge in [0.25, 0.3) is 10.0 Å². The number of primary sulfonamides is 1. The molecular formula is C12H13N3O2S. The number of hydrogen-bond acceptors (Lipinski definition) is 4. The Kier molecular flexibility index (Phi) is 3.31. The predicted octanol–water partition coefficient (Wildman–Crippen LogP) is 1.78. The van der Waals surface area contributed by atoms with Gasteiger partial charge in [-0.3, -0.25) is 0 Å². The molecule has 0 atom stereocenters. The molecule has 0 aliphatic rings. The summed E-state index contributed by atoms with van der Waals surface area (Å²) in [5.74, 6) is 0. The molecule has 0 fully saturated rings. The second kappa shape index (κ2) is 4.75. The van der Waals surface area contributed by atoms with Crippen molar-refractivity contribution in [3.8, 4) is 0 Å². The Hall–Kier alpha value is -1.92. The summed E-state index contributed by atoms with van der Waals surface area (Å²) in [7, 11) is -3.78. The van der Waals surface area contributed by atoms with Gasteiger partial charge >= 0.3 is 0 Å². The Bertz CT molecular complexity index is 669. The molecule has 6 heteroatoms. The van der Waals surface area contributed by atoms with Crippen LogP contribution in [-0.4, -0.2) is 13.4 Å². The van der Waals surface area contributed by atoms with Crippen LogP contribution in [0.15, 0.2) is 47.6 Å². The molecule has 2 rings (SSSR count). The minimum Gasteiger partial charge on any atom is -0.355 e. The maximum atomic E-state index is 11.2. The number of nitrogens with one attached hydrogen (secondary N) is 1. The van der Waals surface area contributed by atoms with Crippen LogP contribution in [0.2, 0.25) is 0 Å². The number of aromatic nitrogens is 1. The largest absolute Gasteiger partial charge is 0.355 e. The van der Waals surface area contributed by atoms with E-state index in [0.717, 1.165) is 11.3 Å². The topological polar surface area (TPSA) is 85.1 Å². The van der Waals surface area contributed by atoms with Crippen molar-refractivity contribution in [2.24, 2.45) is 5.14 Å². The van der Waals surface area contributed by atoms with Crippen LogP contribution in [0.25, 0.3) is 0 Å². The maximum Gasteiger partial charge on any atom is 0.255 e. The van der Waals surface area contributed by atoms with Crippen LogP contribution in [0.5, 0.6) is 0 Å². The number of nitrogens with zero attached hydrogens (tertiary/aromatic N) is 1. The number of aryl methyl sites for hydroxylation is 1. The van der Waals surface area contributed by atoms with Crippen LogP contribution in [-0.2, 0) is 10.0 Å². The summed E-state index contributed by atoms with van der Waals surface area (Å²) in [4.78, 5) is 3.72. The summed E-state index contributed by atoms with van der Waals surface area (Å²) in [6, 6.07) is 10.8. The number of sulfonamides is 1. The van der Waals surface area contributed by atoms with E-state index in [1.165, 1.54) is 12.3 Å². The Morgan fingerprint density at radius 3 is 2.56 bits per heavy atom. The van der Waals surface area contributed by atoms with Gasteiger partial charge in [-0.25, -0.2) is 18.5 Å². The van der Waals surface area contributed by atoms with Crippen LogP contribution < -0.4 is 10.5 Å². The molecule has 94 valence electrons. The molecule has 0 spiro atoms. The third kappa shape index (κ3) is 3.06. The SMILES string of the molecule is Cc1cccc(Nc2ccnc(S(N)(=O)=O)c2)c1. The molecule has 0 bridgehead atoms. The third-order valence-corrected chi connectivity index (χ3v) is 3.14. The van der Waals surface area contributed by atoms with Gasteiger partial charge in [-0.05, 0) is 30.7 Å². The molecule has 3 N–H and O–H groups in total. The van der Waals surface area contributed by atoms with Crippen molar-refractivity contribution >= 4 is 21.4 Å². The number of hydrogen-bond donors (Lipinski definition) is 2. The molecule has 0 aliphatic carbocycles. The van der Waals surface area contributed by atoms with E-state index in [1.54, 1.807) is 6.07 Å². The molecule has 0 saturated heterocycles. The highest BCUT2D eigenvalue weighted by Crippen LogP contribution is 2.18. The van der Waals surface area contributed by atoms with Crippen LogP contribution in [0.3, 0.4) is 0 Å². The van der Waals surface area contributed by atoms with Gasteiger partial charge in [0, 0.05) is 23.6 Å². The van der Waals surface area contributed by atoms with Gasteiger partial charge in [0.1, 0.15) is 0 Å². The standard InChI is InChI=1S/C12H13N3O2S/c1-9-3-2-4-10(7-9)15-11-5-6-14-12(8-11)18(13,16)17/h2-8H,1H3,(H,14,15)(H2,13,16,17). The molecular weight excluding hydrogens is 250 g/mol. The van der Waals surface area contributed by atoms with Gasteiger partial charge in [-0.2, -0.15) is 0 Å². The summed E-state index contributed by atoms with van der Waals surface area (Å²) in [6.45, 7) is 1.98. The van der Waals surface area contributed by atoms with E-state index in [9.17, 15) is 8.42 Å². The minimum absolute atomic E-state index is 0.153. The van der Waals surface area contributed by atoms with Crippen molar-refractivity contribution < 1.29 is 8.42 Å². The zero-order valence-electron chi connectivity index (χ0n) is 9.79. The number of benzene rings is 1. The van der Waals surface area contributed by atoms with E-state index in [2.05, 4.69) is 10.3 Å². The van der Waals surface area contributed by atoms with Gasteiger partial charge < -0.3 is 5.32 Å². The summed E-state index contributed by atoms with van der Waals surface area (Å²) >= 11 is 0. The average Bonchev–Trinajstić information content (AvgIpc) is 2.28. The highest BCUT2D eigenvalue weighted by molar-refractivity contribution is 7.89. The van der Waals surface area contributed by atoms with E-state index in [4.69, 9.17) is 5.14 Å². The molecule has 1 aromatic heterocycles. The quantitative estimate of drug-likeness (QED) is 0.884. The normalized spacial score (nSPS) is 11.2. The van der Waals surface area contributed by atoms with E-state index in [0.29, 0.717) is 5.69 Å². The van der Waals surface area contributed by atoms with E-state index in [1.807, 2.05) is 31.2 Å². The average molecular weight is 263 g/mol. The number of pyridine rings is 1. The zero-order chi connectivity index (χ0) is 13.2. The van der Waals surface area contributed by atoms with Gasteiger partial charge in [0.2, 0.25) is 0 Å². The first-order chi connectivity index (χ1) is 8.45. The Morgan fingerprint density at radius 2 is 1.89 bits per heavy atom. The van der Waals surface area contributed by atoms with Crippen LogP contribution in [0.1, 0.15) is 5.56 Å². The van der Waals surface area contributed by atoms with Crippen molar-refractivity contribution in [2.75, 3.05) is 5.32 Å². The fourth-order valence-corrected chi connectivity index (χ4v) is 2.03. The second-order valence-electron chi connectivity index (χ2n) is 3.92. The lowest BCUT2D eigenvalue weighted by Gasteiger charge is -2.07. The predicted molar refractivity (Wildman–Crippen MR) is 70.1 cm³/mol. The second-order valence-corrected chi connectivity index (χ2v) is 5.43. The number of anilines is 2. The molecule has 0 saturated carbocycles. The molecule has 5 nitrogen and oxygen atoms in total. The van der Waals surface area contributed by atoms with Gasteiger partial charge in [-0.15, -0.1) is 0 Å². The van der Waals surface area contributed by atoms with Crippen LogP contribution in [0, 0.1) is 6.92 Å². The van der Waals surface area contributed by atoms with Crippen LogP contribution in [0.4, 0.5) is 11.4 Å². The van der Waals surface area contributed by atoms with Crippen molar-refractivity contribution in [3.05, 3.63) is 48.2 Å².